The minimum atomic E-state index is -1.72. The van der Waals surface area contributed by atoms with Gasteiger partial charge in [-0.05, 0) is 48.1 Å². The Bertz CT molecular complexity index is 670. The largest absolute Gasteiger partial charge is 0.399 e. The van der Waals surface area contributed by atoms with Gasteiger partial charge in [0.2, 0.25) is 9.96 Å². The molecule has 0 saturated heterocycles. The number of nitrogens with zero attached hydrogens (tertiary/aromatic N) is 1. The van der Waals surface area contributed by atoms with Crippen LogP contribution in [-0.4, -0.2) is 34.7 Å². The number of alkyl halides is 2. The van der Waals surface area contributed by atoms with E-state index in [0.29, 0.717) is 5.56 Å². The van der Waals surface area contributed by atoms with Gasteiger partial charge in [-0.1, -0.05) is 23.7 Å². The zero-order valence-corrected chi connectivity index (χ0v) is 16.3. The molecule has 0 heterocycles. The first kappa shape index (κ1) is 20.6. The molecule has 1 aromatic rings. The molecule has 0 saturated carbocycles. The number of halogens is 3. The monoisotopic (exact) mass is 469 g/mol. The van der Waals surface area contributed by atoms with Crippen LogP contribution in [0.5, 0.6) is 0 Å². The maximum absolute atomic E-state index is 13.4. The zero-order valence-electron chi connectivity index (χ0n) is 13.4. The van der Waals surface area contributed by atoms with Crippen molar-refractivity contribution in [2.24, 2.45) is 5.16 Å². The number of anilines is 1. The molecular formula is C15H18ClFIN3O3. The summed E-state index contributed by atoms with van der Waals surface area (Å²) in [5.74, 6) is -1.28. The van der Waals surface area contributed by atoms with Crippen LogP contribution in [0.4, 0.5) is 10.1 Å². The Morgan fingerprint density at radius 3 is 2.71 bits per heavy atom. The number of hydrogen-bond acceptors (Lipinski definition) is 5. The minimum Gasteiger partial charge on any atom is -0.399 e. The lowest BCUT2D eigenvalue weighted by Gasteiger charge is -2.28. The average molecular weight is 470 g/mol. The molecule has 0 spiro atoms. The standard InChI is InChI=1S/C15H18ClFIN3O3/c1-4-15(2,12(22)13(17)18)21-14(23)8-5-9(7-20-24-3)11(19)10(16)6-8/h5-7,13H,4,19H2,1-3H3,(H,21,23)/b20-7+. The van der Waals surface area contributed by atoms with Crippen molar-refractivity contribution in [1.82, 2.24) is 5.32 Å². The van der Waals surface area contributed by atoms with Crippen molar-refractivity contribution in [2.45, 2.75) is 30.0 Å². The van der Waals surface area contributed by atoms with Crippen LogP contribution in [0.3, 0.4) is 0 Å². The summed E-state index contributed by atoms with van der Waals surface area (Å²) in [5.41, 5.74) is 5.28. The van der Waals surface area contributed by atoms with Crippen molar-refractivity contribution in [3.8, 4) is 0 Å². The van der Waals surface area contributed by atoms with Gasteiger partial charge in [0.15, 0.2) is 0 Å². The number of carbonyl (C=O) groups is 2. The molecule has 0 radical (unpaired) electrons. The molecule has 0 bridgehead atoms. The number of oxime groups is 1. The van der Waals surface area contributed by atoms with E-state index in [1.54, 1.807) is 6.92 Å². The Kier molecular flexibility index (Phi) is 7.40. The average Bonchev–Trinajstić information content (AvgIpc) is 2.54. The van der Waals surface area contributed by atoms with Crippen LogP contribution in [-0.2, 0) is 9.63 Å². The first-order valence-corrected chi connectivity index (χ1v) is 8.59. The molecule has 2 atom stereocenters. The van der Waals surface area contributed by atoms with Crippen molar-refractivity contribution in [3.63, 3.8) is 0 Å². The molecule has 1 rings (SSSR count). The summed E-state index contributed by atoms with van der Waals surface area (Å²) in [5, 5.41) is 6.30. The van der Waals surface area contributed by atoms with Crippen molar-refractivity contribution >= 4 is 57.8 Å². The third kappa shape index (κ3) is 4.79. The number of nitrogens with one attached hydrogen (secondary N) is 1. The van der Waals surface area contributed by atoms with E-state index in [9.17, 15) is 14.0 Å². The van der Waals surface area contributed by atoms with Gasteiger partial charge in [0.05, 0.1) is 22.5 Å². The third-order valence-electron chi connectivity index (χ3n) is 3.56. The lowest BCUT2D eigenvalue weighted by atomic mass is 9.93. The number of ketones is 1. The third-order valence-corrected chi connectivity index (χ3v) is 4.44. The first-order chi connectivity index (χ1) is 11.2. The highest BCUT2D eigenvalue weighted by Crippen LogP contribution is 2.25. The number of Topliss-reactive ketones (excluding diaryl/α,β-unsaturated/α-hetero) is 1. The molecule has 3 N–H and O–H groups in total. The Labute approximate surface area is 158 Å². The number of amides is 1. The van der Waals surface area contributed by atoms with Gasteiger partial charge in [-0.15, -0.1) is 0 Å². The molecule has 0 aliphatic heterocycles. The van der Waals surface area contributed by atoms with E-state index >= 15 is 0 Å². The summed E-state index contributed by atoms with van der Waals surface area (Å²) < 4.78 is 11.7. The molecule has 24 heavy (non-hydrogen) atoms. The lowest BCUT2D eigenvalue weighted by molar-refractivity contribution is -0.126. The Morgan fingerprint density at radius 2 is 2.21 bits per heavy atom. The van der Waals surface area contributed by atoms with Crippen molar-refractivity contribution in [1.29, 1.82) is 0 Å². The van der Waals surface area contributed by atoms with E-state index in [4.69, 9.17) is 17.3 Å². The van der Waals surface area contributed by atoms with Gasteiger partial charge in [0.1, 0.15) is 7.11 Å². The summed E-state index contributed by atoms with van der Waals surface area (Å²) in [6, 6.07) is 2.82. The molecular weight excluding hydrogens is 452 g/mol. The second-order valence-electron chi connectivity index (χ2n) is 5.18. The molecule has 1 aromatic carbocycles. The summed E-state index contributed by atoms with van der Waals surface area (Å²) in [4.78, 5) is 29.1. The van der Waals surface area contributed by atoms with Gasteiger partial charge in [-0.3, -0.25) is 9.59 Å². The maximum Gasteiger partial charge on any atom is 0.252 e. The number of hydrogen-bond donors (Lipinski definition) is 2. The predicted molar refractivity (Wildman–Crippen MR) is 101 cm³/mol. The highest BCUT2D eigenvalue weighted by molar-refractivity contribution is 14.1. The zero-order chi connectivity index (χ0) is 18.5. The molecule has 0 fully saturated rings. The predicted octanol–water partition coefficient (Wildman–Crippen LogP) is 3.10. The van der Waals surface area contributed by atoms with Gasteiger partial charge in [-0.2, -0.15) is 0 Å². The van der Waals surface area contributed by atoms with Gasteiger partial charge >= 0.3 is 0 Å². The van der Waals surface area contributed by atoms with Crippen LogP contribution in [0.25, 0.3) is 0 Å². The fourth-order valence-electron chi connectivity index (χ4n) is 1.87. The van der Waals surface area contributed by atoms with E-state index in [2.05, 4.69) is 15.3 Å². The molecule has 0 aliphatic rings. The Hall–Kier alpha value is -1.42. The second-order valence-corrected chi connectivity index (χ2v) is 6.68. The summed E-state index contributed by atoms with van der Waals surface area (Å²) in [6.07, 6.45) is 1.55. The maximum atomic E-state index is 13.4. The van der Waals surface area contributed by atoms with E-state index < -0.39 is 21.4 Å². The Morgan fingerprint density at radius 1 is 1.58 bits per heavy atom. The molecule has 0 aromatic heterocycles. The molecule has 1 amide bonds. The van der Waals surface area contributed by atoms with Gasteiger partial charge in [0, 0.05) is 11.1 Å². The van der Waals surface area contributed by atoms with Crippen molar-refractivity contribution < 1.29 is 18.8 Å². The van der Waals surface area contributed by atoms with Gasteiger partial charge < -0.3 is 15.9 Å². The molecule has 132 valence electrons. The topological polar surface area (TPSA) is 93.8 Å². The van der Waals surface area contributed by atoms with Crippen LogP contribution in [0.1, 0.15) is 36.2 Å². The normalized spacial score (nSPS) is 14.9. The smallest absolute Gasteiger partial charge is 0.252 e. The summed E-state index contributed by atoms with van der Waals surface area (Å²) in [6.45, 7) is 3.16. The second kappa shape index (κ2) is 8.61. The van der Waals surface area contributed by atoms with Crippen LogP contribution in [0.2, 0.25) is 5.02 Å². The van der Waals surface area contributed by atoms with Crippen molar-refractivity contribution in [2.75, 3.05) is 12.8 Å². The van der Waals surface area contributed by atoms with E-state index in [1.807, 2.05) is 0 Å². The minimum absolute atomic E-state index is 0.155. The van der Waals surface area contributed by atoms with Crippen LogP contribution < -0.4 is 11.1 Å². The highest BCUT2D eigenvalue weighted by Gasteiger charge is 2.37. The fraction of sp³-hybridized carbons (Fsp3) is 0.400. The van der Waals surface area contributed by atoms with Gasteiger partial charge in [-0.25, -0.2) is 4.39 Å². The molecule has 6 nitrogen and oxygen atoms in total. The highest BCUT2D eigenvalue weighted by atomic mass is 127. The molecule has 9 heteroatoms. The Balaban J connectivity index is 3.17. The number of carbonyl (C=O) groups excluding carboxylic acids is 2. The van der Waals surface area contributed by atoms with Crippen LogP contribution in [0, 0.1) is 0 Å². The summed E-state index contributed by atoms with van der Waals surface area (Å²) >= 11 is 7.40. The fourth-order valence-corrected chi connectivity index (χ4v) is 2.79. The molecule has 2 unspecified atom stereocenters. The van der Waals surface area contributed by atoms with E-state index in [0.717, 1.165) is 0 Å². The number of rotatable bonds is 7. The molecule has 0 aliphatic carbocycles. The summed E-state index contributed by atoms with van der Waals surface area (Å²) in [7, 11) is 1.36. The van der Waals surface area contributed by atoms with Gasteiger partial charge in [0.25, 0.3) is 5.91 Å². The first-order valence-electron chi connectivity index (χ1n) is 6.96. The van der Waals surface area contributed by atoms with E-state index in [-0.39, 0.29) is 22.7 Å². The van der Waals surface area contributed by atoms with Crippen molar-refractivity contribution in [3.05, 3.63) is 28.3 Å². The quantitative estimate of drug-likeness (QED) is 0.211. The number of nitrogens with two attached hydrogens (primary N) is 1. The van der Waals surface area contributed by atoms with Crippen LogP contribution >= 0.6 is 34.2 Å². The SMILES string of the molecule is CCC(C)(NC(=O)c1cc(Cl)c(N)c(/C=N/OC)c1)C(=O)C(F)I. The van der Waals surface area contributed by atoms with Crippen LogP contribution in [0.15, 0.2) is 17.3 Å². The lowest BCUT2D eigenvalue weighted by Crippen LogP contribution is -2.53. The number of nitrogen functional groups attached to an aromatic ring is 1. The van der Waals surface area contributed by atoms with E-state index in [1.165, 1.54) is 55.0 Å². The number of benzene rings is 1.